The smallest absolute Gasteiger partial charge is 0.313 e. The second kappa shape index (κ2) is 6.84. The van der Waals surface area contributed by atoms with Gasteiger partial charge in [0, 0.05) is 5.39 Å². The summed E-state index contributed by atoms with van der Waals surface area (Å²) in [5.74, 6) is -0.0635. The van der Waals surface area contributed by atoms with Gasteiger partial charge in [-0.3, -0.25) is 14.3 Å². The van der Waals surface area contributed by atoms with Gasteiger partial charge in [0.05, 0.1) is 29.7 Å². The van der Waals surface area contributed by atoms with Crippen LogP contribution < -0.4 is 10.2 Å². The number of para-hydroxylation sites is 1. The summed E-state index contributed by atoms with van der Waals surface area (Å²) in [5, 5.41) is 5.05. The Kier molecular flexibility index (Phi) is 4.62. The van der Waals surface area contributed by atoms with E-state index in [1.54, 1.807) is 35.0 Å². The van der Waals surface area contributed by atoms with Crippen molar-refractivity contribution in [3.8, 4) is 5.75 Å². The maximum atomic E-state index is 12.1. The van der Waals surface area contributed by atoms with E-state index in [4.69, 9.17) is 16.3 Å². The first kappa shape index (κ1) is 16.2. The molecule has 0 fully saturated rings. The van der Waals surface area contributed by atoms with E-state index in [-0.39, 0.29) is 11.8 Å². The molecule has 3 rings (SSSR count). The zero-order valence-electron chi connectivity index (χ0n) is 13.0. The van der Waals surface area contributed by atoms with Gasteiger partial charge >= 0.3 is 5.97 Å². The summed E-state index contributed by atoms with van der Waals surface area (Å²) >= 11 is 6.02. The molecule has 2 aromatic carbocycles. The van der Waals surface area contributed by atoms with E-state index in [2.05, 4.69) is 5.10 Å². The van der Waals surface area contributed by atoms with Crippen molar-refractivity contribution in [2.24, 2.45) is 0 Å². The number of aryl methyl sites for hydroxylation is 2. The van der Waals surface area contributed by atoms with Crippen LogP contribution >= 0.6 is 11.6 Å². The first-order valence-corrected chi connectivity index (χ1v) is 7.84. The van der Waals surface area contributed by atoms with E-state index in [0.717, 1.165) is 5.56 Å². The van der Waals surface area contributed by atoms with Crippen molar-refractivity contribution in [3.05, 3.63) is 69.5 Å². The van der Waals surface area contributed by atoms with Crippen LogP contribution in [-0.2, 0) is 11.3 Å². The quantitative estimate of drug-likeness (QED) is 0.539. The molecule has 0 unspecified atom stereocenters. The Bertz CT molecular complexity index is 966. The number of benzene rings is 2. The molecule has 0 aliphatic carbocycles. The molecular weight excluding hydrogens is 328 g/mol. The van der Waals surface area contributed by atoms with Crippen molar-refractivity contribution in [1.29, 1.82) is 0 Å². The summed E-state index contributed by atoms with van der Waals surface area (Å²) in [6.07, 6.45) is 1.37. The lowest BCUT2D eigenvalue weighted by Crippen LogP contribution is -2.16. The van der Waals surface area contributed by atoms with Crippen LogP contribution in [0.5, 0.6) is 5.75 Å². The van der Waals surface area contributed by atoms with Crippen molar-refractivity contribution in [2.75, 3.05) is 0 Å². The fourth-order valence-electron chi connectivity index (χ4n) is 2.40. The van der Waals surface area contributed by atoms with Crippen LogP contribution in [0.2, 0.25) is 5.02 Å². The summed E-state index contributed by atoms with van der Waals surface area (Å²) in [7, 11) is 0. The molecule has 0 aliphatic heterocycles. The molecule has 5 nitrogen and oxygen atoms in total. The highest BCUT2D eigenvalue weighted by molar-refractivity contribution is 6.32. The lowest BCUT2D eigenvalue weighted by Gasteiger charge is -2.10. The van der Waals surface area contributed by atoms with E-state index in [1.165, 1.54) is 6.20 Å². The monoisotopic (exact) mass is 342 g/mol. The Labute approximate surface area is 143 Å². The Morgan fingerprint density at radius 1 is 1.25 bits per heavy atom. The van der Waals surface area contributed by atoms with Crippen LogP contribution in [-0.4, -0.2) is 15.7 Å². The second-order valence-corrected chi connectivity index (χ2v) is 5.81. The van der Waals surface area contributed by atoms with Crippen LogP contribution in [0.15, 0.2) is 53.5 Å². The highest BCUT2D eigenvalue weighted by Crippen LogP contribution is 2.25. The van der Waals surface area contributed by atoms with Crippen LogP contribution in [0.4, 0.5) is 0 Å². The molecule has 0 saturated carbocycles. The summed E-state index contributed by atoms with van der Waals surface area (Å²) in [6, 6.07) is 12.4. The Hall–Kier alpha value is -2.66. The Balaban J connectivity index is 1.74. The number of hydrogen-bond acceptors (Lipinski definition) is 4. The third-order valence-corrected chi connectivity index (χ3v) is 3.91. The number of carbonyl (C=O) groups excluding carboxylic acids is 1. The number of hydrogen-bond donors (Lipinski definition) is 0. The minimum atomic E-state index is -0.410. The molecule has 1 aromatic heterocycles. The SMILES string of the molecule is Cc1ccc(Cl)c(OC(=O)CCn2ncc(=O)c3ccccc32)c1. The zero-order valence-corrected chi connectivity index (χ0v) is 13.8. The van der Waals surface area contributed by atoms with Gasteiger partial charge in [-0.2, -0.15) is 5.10 Å². The van der Waals surface area contributed by atoms with Gasteiger partial charge in [-0.1, -0.05) is 29.8 Å². The summed E-state index contributed by atoms with van der Waals surface area (Å²) < 4.78 is 6.93. The third kappa shape index (κ3) is 3.46. The predicted octanol–water partition coefficient (Wildman–Crippen LogP) is 3.35. The molecule has 0 radical (unpaired) electrons. The molecule has 0 spiro atoms. The zero-order chi connectivity index (χ0) is 17.1. The maximum Gasteiger partial charge on any atom is 0.313 e. The number of aromatic nitrogens is 2. The maximum absolute atomic E-state index is 12.1. The van der Waals surface area contributed by atoms with Crippen LogP contribution in [0, 0.1) is 6.92 Å². The normalized spacial score (nSPS) is 10.8. The fourth-order valence-corrected chi connectivity index (χ4v) is 2.55. The van der Waals surface area contributed by atoms with Crippen molar-refractivity contribution < 1.29 is 9.53 Å². The lowest BCUT2D eigenvalue weighted by atomic mass is 10.2. The average molecular weight is 343 g/mol. The van der Waals surface area contributed by atoms with E-state index >= 15 is 0 Å². The van der Waals surface area contributed by atoms with E-state index in [1.807, 2.05) is 19.1 Å². The van der Waals surface area contributed by atoms with Crippen molar-refractivity contribution in [3.63, 3.8) is 0 Å². The molecule has 0 aliphatic rings. The second-order valence-electron chi connectivity index (χ2n) is 5.41. The summed E-state index contributed by atoms with van der Waals surface area (Å²) in [5.41, 5.74) is 1.50. The van der Waals surface area contributed by atoms with Gasteiger partial charge in [-0.25, -0.2) is 0 Å². The van der Waals surface area contributed by atoms with Gasteiger partial charge in [-0.15, -0.1) is 0 Å². The largest absolute Gasteiger partial charge is 0.425 e. The van der Waals surface area contributed by atoms with Gasteiger partial charge in [-0.05, 0) is 36.8 Å². The first-order valence-electron chi connectivity index (χ1n) is 7.46. The van der Waals surface area contributed by atoms with Gasteiger partial charge in [0.25, 0.3) is 0 Å². The van der Waals surface area contributed by atoms with Gasteiger partial charge < -0.3 is 4.74 Å². The molecular formula is C18H15ClN2O3. The topological polar surface area (TPSA) is 61.2 Å². The molecule has 122 valence electrons. The number of nitrogens with zero attached hydrogens (tertiary/aromatic N) is 2. The molecule has 0 bridgehead atoms. The lowest BCUT2D eigenvalue weighted by molar-refractivity contribution is -0.134. The number of fused-ring (bicyclic) bond motifs is 1. The molecule has 24 heavy (non-hydrogen) atoms. The van der Waals surface area contributed by atoms with E-state index in [0.29, 0.717) is 28.2 Å². The Morgan fingerprint density at radius 2 is 2.04 bits per heavy atom. The molecule has 0 saturated heterocycles. The molecule has 1 heterocycles. The van der Waals surface area contributed by atoms with Gasteiger partial charge in [0.1, 0.15) is 5.75 Å². The molecule has 6 heteroatoms. The molecule has 0 N–H and O–H groups in total. The number of rotatable bonds is 4. The van der Waals surface area contributed by atoms with Crippen molar-refractivity contribution >= 4 is 28.5 Å². The standard InChI is InChI=1S/C18H15ClN2O3/c1-12-6-7-14(19)17(10-12)24-18(23)8-9-21-15-5-3-2-4-13(15)16(22)11-20-21/h2-7,10-11H,8-9H2,1H3. The van der Waals surface area contributed by atoms with E-state index < -0.39 is 5.97 Å². The van der Waals surface area contributed by atoms with Crippen LogP contribution in [0.3, 0.4) is 0 Å². The van der Waals surface area contributed by atoms with Crippen molar-refractivity contribution in [2.45, 2.75) is 19.9 Å². The number of halogens is 1. The summed E-state index contributed by atoms with van der Waals surface area (Å²) in [4.78, 5) is 23.9. The van der Waals surface area contributed by atoms with Crippen molar-refractivity contribution in [1.82, 2.24) is 9.78 Å². The van der Waals surface area contributed by atoms with Crippen LogP contribution in [0.25, 0.3) is 10.9 Å². The van der Waals surface area contributed by atoms with E-state index in [9.17, 15) is 9.59 Å². The first-order chi connectivity index (χ1) is 11.5. The molecule has 0 atom stereocenters. The Morgan fingerprint density at radius 3 is 2.88 bits per heavy atom. The van der Waals surface area contributed by atoms with Gasteiger partial charge in [0.2, 0.25) is 5.43 Å². The fraction of sp³-hybridized carbons (Fsp3) is 0.167. The number of ether oxygens (including phenoxy) is 1. The van der Waals surface area contributed by atoms with Crippen LogP contribution in [0.1, 0.15) is 12.0 Å². The molecule has 3 aromatic rings. The predicted molar refractivity (Wildman–Crippen MR) is 92.4 cm³/mol. The number of esters is 1. The number of carbonyl (C=O) groups is 1. The van der Waals surface area contributed by atoms with Gasteiger partial charge in [0.15, 0.2) is 0 Å². The highest BCUT2D eigenvalue weighted by atomic mass is 35.5. The highest BCUT2D eigenvalue weighted by Gasteiger charge is 2.10. The average Bonchev–Trinajstić information content (AvgIpc) is 2.58. The minimum Gasteiger partial charge on any atom is -0.425 e. The molecule has 0 amide bonds. The third-order valence-electron chi connectivity index (χ3n) is 3.60. The summed E-state index contributed by atoms with van der Waals surface area (Å²) in [6.45, 7) is 2.20. The minimum absolute atomic E-state index is 0.115.